The quantitative estimate of drug-likeness (QED) is 0.281. The molecule has 1 aliphatic heterocycles. The van der Waals surface area contributed by atoms with Crippen LogP contribution in [0.3, 0.4) is 0 Å². The Bertz CT molecular complexity index is 967. The van der Waals surface area contributed by atoms with Gasteiger partial charge in [-0.1, -0.05) is 22.4 Å². The van der Waals surface area contributed by atoms with Gasteiger partial charge in [-0.05, 0) is 38.5 Å². The normalized spacial score (nSPS) is 16.7. The average Bonchev–Trinajstić information content (AvgIpc) is 2.73. The summed E-state index contributed by atoms with van der Waals surface area (Å²) >= 11 is 0. The van der Waals surface area contributed by atoms with Crippen LogP contribution in [0.1, 0.15) is 24.2 Å². The molecular weight excluding hydrogens is 486 g/mol. The lowest BCUT2D eigenvalue weighted by Gasteiger charge is -2.36. The zero-order chi connectivity index (χ0) is 24.8. The molecule has 0 saturated carbocycles. The predicted molar refractivity (Wildman–Crippen MR) is 118 cm³/mol. The Morgan fingerprint density at radius 2 is 1.47 bits per heavy atom. The first-order valence-corrected chi connectivity index (χ1v) is 14.4. The lowest BCUT2D eigenvalue weighted by Crippen LogP contribution is -3.22. The van der Waals surface area contributed by atoms with Crippen LogP contribution < -0.4 is 4.90 Å². The summed E-state index contributed by atoms with van der Waals surface area (Å²) in [5, 5.41) is 0. The molecule has 0 bridgehead atoms. The minimum atomic E-state index is -4.41. The Kier molecular flexibility index (Phi) is 10.3. The van der Waals surface area contributed by atoms with Gasteiger partial charge in [0.25, 0.3) is 0 Å². The molecule has 0 unspecified atom stereocenters. The summed E-state index contributed by atoms with van der Waals surface area (Å²) in [6, 6.07) is 6.96. The van der Waals surface area contributed by atoms with E-state index in [-0.39, 0.29) is 5.78 Å². The second-order valence-electron chi connectivity index (χ2n) is 7.65. The largest absolute Gasteiger partial charge is 0.726 e. The lowest BCUT2D eigenvalue weighted by molar-refractivity contribution is -0.944. The molecule has 2 rings (SSSR count). The molecule has 1 N–H and O–H groups in total. The van der Waals surface area contributed by atoms with Gasteiger partial charge in [0.15, 0.2) is 5.54 Å². The summed E-state index contributed by atoms with van der Waals surface area (Å²) in [5.74, 6) is 0.0548. The van der Waals surface area contributed by atoms with Crippen molar-refractivity contribution in [3.63, 3.8) is 0 Å². The van der Waals surface area contributed by atoms with Gasteiger partial charge in [-0.25, -0.2) is 8.42 Å². The standard InChI is InChI=1S/C17H27NO6S2.CH4O4S/c1-17(2,18-10-12-23-13-11-18)16(19)14-6-8-15(9-7-14)25(4,5)24-26(20,21)22-3;1-5-6(2,3)4/h6-9H,10-13H2,1-5H3;1H3,(H,2,3,4). The number of quaternary nitrogens is 1. The maximum atomic E-state index is 13.0. The Hall–Kier alpha value is -1.10. The monoisotopic (exact) mass is 517 g/mol. The van der Waals surface area contributed by atoms with E-state index in [0.717, 1.165) is 27.3 Å². The van der Waals surface area contributed by atoms with Crippen molar-refractivity contribution in [2.45, 2.75) is 24.3 Å². The Balaban J connectivity index is 0.000000751. The molecule has 1 heterocycles. The van der Waals surface area contributed by atoms with E-state index in [1.165, 1.54) is 4.90 Å². The number of hydrogen-bond donors (Lipinski definition) is 1. The minimum Gasteiger partial charge on any atom is -0.726 e. The molecule has 0 aliphatic carbocycles. The highest BCUT2D eigenvalue weighted by atomic mass is 32.3. The number of ketones is 1. The molecule has 1 saturated heterocycles. The van der Waals surface area contributed by atoms with Gasteiger partial charge in [0, 0.05) is 10.5 Å². The number of rotatable bonds is 8. The molecule has 0 radical (unpaired) electrons. The zero-order valence-corrected chi connectivity index (χ0v) is 21.4. The fourth-order valence-electron chi connectivity index (χ4n) is 2.97. The third-order valence-electron chi connectivity index (χ3n) is 4.89. The summed E-state index contributed by atoms with van der Waals surface area (Å²) in [6.07, 6.45) is 3.42. The zero-order valence-electron chi connectivity index (χ0n) is 18.9. The molecule has 1 aliphatic rings. The maximum Gasteiger partial charge on any atom is 0.409 e. The van der Waals surface area contributed by atoms with Gasteiger partial charge >= 0.3 is 10.4 Å². The smallest absolute Gasteiger partial charge is 0.409 e. The number of Topliss-reactive ketones (excluding diaryl/α,β-unsaturated/α-hetero) is 1. The van der Waals surface area contributed by atoms with Crippen LogP contribution in [0.15, 0.2) is 29.2 Å². The van der Waals surface area contributed by atoms with Crippen molar-refractivity contribution in [3.8, 4) is 0 Å². The van der Waals surface area contributed by atoms with Crippen molar-refractivity contribution in [1.29, 1.82) is 0 Å². The molecule has 0 aromatic heterocycles. The molecule has 0 atom stereocenters. The summed E-state index contributed by atoms with van der Waals surface area (Å²) in [5.41, 5.74) is 0.0476. The molecule has 0 spiro atoms. The van der Waals surface area contributed by atoms with Gasteiger partial charge in [-0.2, -0.15) is 12.0 Å². The number of ether oxygens (including phenoxy) is 1. The van der Waals surface area contributed by atoms with Crippen LogP contribution in [0.2, 0.25) is 0 Å². The Labute approximate surface area is 191 Å². The maximum absolute atomic E-state index is 13.0. The van der Waals surface area contributed by atoms with Crippen molar-refractivity contribution >= 4 is 36.9 Å². The summed E-state index contributed by atoms with van der Waals surface area (Å²) in [4.78, 5) is 14.9. The molecule has 1 aromatic rings. The van der Waals surface area contributed by atoms with E-state index in [4.69, 9.17) is 8.37 Å². The van der Waals surface area contributed by atoms with E-state index >= 15 is 0 Å². The molecule has 0 amide bonds. The van der Waals surface area contributed by atoms with Crippen molar-refractivity contribution in [1.82, 2.24) is 0 Å². The third-order valence-corrected chi connectivity index (χ3v) is 9.15. The number of carbonyl (C=O) groups is 1. The van der Waals surface area contributed by atoms with Crippen LogP contribution in [-0.2, 0) is 37.5 Å². The minimum absolute atomic E-state index is 0.0548. The van der Waals surface area contributed by atoms with E-state index in [0.29, 0.717) is 23.7 Å². The van der Waals surface area contributed by atoms with Crippen LogP contribution in [-0.4, -0.2) is 85.7 Å². The number of benzene rings is 1. The first-order valence-electron chi connectivity index (χ1n) is 9.40. The molecule has 14 heteroatoms. The number of morpholine rings is 1. The molecule has 1 aromatic carbocycles. The van der Waals surface area contributed by atoms with E-state index in [2.05, 4.69) is 8.37 Å². The van der Waals surface area contributed by atoms with E-state index < -0.39 is 36.6 Å². The molecule has 32 heavy (non-hydrogen) atoms. The third kappa shape index (κ3) is 8.68. The van der Waals surface area contributed by atoms with Crippen LogP contribution in [0.25, 0.3) is 0 Å². The summed E-state index contributed by atoms with van der Waals surface area (Å²) in [7, 11) is -8.66. The second kappa shape index (κ2) is 11.4. The molecular formula is C18H31NO10S3. The Morgan fingerprint density at radius 3 is 1.88 bits per heavy atom. The Morgan fingerprint density at radius 1 is 1.00 bits per heavy atom. The van der Waals surface area contributed by atoms with Crippen LogP contribution in [0, 0.1) is 0 Å². The van der Waals surface area contributed by atoms with E-state index in [1.807, 2.05) is 13.8 Å². The highest BCUT2D eigenvalue weighted by molar-refractivity contribution is 8.31. The number of carbonyl (C=O) groups excluding carboxylic acids is 1. The van der Waals surface area contributed by atoms with Crippen molar-refractivity contribution in [2.24, 2.45) is 0 Å². The van der Waals surface area contributed by atoms with Crippen LogP contribution in [0.5, 0.6) is 0 Å². The molecule has 186 valence electrons. The van der Waals surface area contributed by atoms with Gasteiger partial charge in [0.2, 0.25) is 16.2 Å². The fourth-order valence-corrected chi connectivity index (χ4v) is 5.97. The first kappa shape index (κ1) is 28.9. The van der Waals surface area contributed by atoms with Crippen molar-refractivity contribution in [3.05, 3.63) is 29.8 Å². The topological polar surface area (TPSA) is 150 Å². The second-order valence-corrected chi connectivity index (χ2v) is 13.4. The molecule has 11 nitrogen and oxygen atoms in total. The molecule has 1 fully saturated rings. The first-order chi connectivity index (χ1) is 14.6. The lowest BCUT2D eigenvalue weighted by atomic mass is 9.91. The van der Waals surface area contributed by atoms with E-state index in [9.17, 15) is 26.2 Å². The van der Waals surface area contributed by atoms with Gasteiger partial charge in [0.05, 0.1) is 27.4 Å². The van der Waals surface area contributed by atoms with Crippen LogP contribution >= 0.6 is 10.3 Å². The highest BCUT2D eigenvalue weighted by Gasteiger charge is 2.40. The average molecular weight is 518 g/mol. The van der Waals surface area contributed by atoms with Crippen molar-refractivity contribution in [2.75, 3.05) is 53.0 Å². The van der Waals surface area contributed by atoms with Gasteiger partial charge in [-0.15, -0.1) is 0 Å². The van der Waals surface area contributed by atoms with Gasteiger partial charge < -0.3 is 14.2 Å². The summed E-state index contributed by atoms with van der Waals surface area (Å²) < 4.78 is 69.1. The summed E-state index contributed by atoms with van der Waals surface area (Å²) in [6.45, 7) is 6.83. The SMILES string of the molecule is COS(=O)(=O)OS(C)(C)c1ccc(C(=O)C(C)(C)[NH+]2CCOCC2)cc1.COS(=O)(=O)[O-]. The van der Waals surface area contributed by atoms with Crippen LogP contribution in [0.4, 0.5) is 0 Å². The number of nitrogens with one attached hydrogen (secondary N) is 1. The predicted octanol–water partition coefficient (Wildman–Crippen LogP) is -0.0981. The van der Waals surface area contributed by atoms with Crippen molar-refractivity contribution < 1.29 is 47.8 Å². The van der Waals surface area contributed by atoms with Gasteiger partial charge in [0.1, 0.15) is 13.1 Å². The highest BCUT2D eigenvalue weighted by Crippen LogP contribution is 2.51. The van der Waals surface area contributed by atoms with Gasteiger partial charge in [-0.3, -0.25) is 13.2 Å². The number of hydrogen-bond acceptors (Lipinski definition) is 10. The van der Waals surface area contributed by atoms with E-state index in [1.54, 1.807) is 36.8 Å². The fraction of sp³-hybridized carbons (Fsp3) is 0.611.